The topological polar surface area (TPSA) is 64.6 Å². The molecule has 1 aromatic carbocycles. The summed E-state index contributed by atoms with van der Waals surface area (Å²) in [5.41, 5.74) is 2.38. The summed E-state index contributed by atoms with van der Waals surface area (Å²) >= 11 is 5.20. The molecular weight excluding hydrogens is 466 g/mol. The van der Waals surface area contributed by atoms with Crippen LogP contribution >= 0.6 is 27.3 Å². The Hall–Kier alpha value is -1.86. The van der Waals surface area contributed by atoms with Gasteiger partial charge in [-0.1, -0.05) is 22.0 Å². The molecule has 2 aromatic rings. The number of hydrogen-bond acceptors (Lipinski definition) is 5. The standard InChI is InChI=1S/C23H28BrNO4S/c1-5-28-21(26)20-16-11-15(14-9-7-6-8-10-14)17(24)12-18(16)30-19(20)13-25-22(27)29-23(2,3)4/h9,11-12H,5-8,10,13H2,1-4H3,(H,25,27). The Morgan fingerprint density at radius 1 is 1.23 bits per heavy atom. The van der Waals surface area contributed by atoms with Gasteiger partial charge in [-0.3, -0.25) is 0 Å². The molecule has 0 fully saturated rings. The van der Waals surface area contributed by atoms with Gasteiger partial charge in [-0.2, -0.15) is 0 Å². The van der Waals surface area contributed by atoms with E-state index < -0.39 is 11.7 Å². The molecule has 0 aliphatic heterocycles. The Morgan fingerprint density at radius 2 is 2.00 bits per heavy atom. The first-order chi connectivity index (χ1) is 14.2. The smallest absolute Gasteiger partial charge is 0.407 e. The first kappa shape index (κ1) is 22.8. The number of benzene rings is 1. The molecule has 0 radical (unpaired) electrons. The minimum Gasteiger partial charge on any atom is -0.462 e. The fraction of sp³-hybridized carbons (Fsp3) is 0.478. The SMILES string of the molecule is CCOC(=O)c1c(CNC(=O)OC(C)(C)C)sc2cc(Br)c(C3=CCCCC3)cc12. The summed E-state index contributed by atoms with van der Waals surface area (Å²) in [6, 6.07) is 4.14. The highest BCUT2D eigenvalue weighted by Crippen LogP contribution is 2.39. The van der Waals surface area contributed by atoms with E-state index in [-0.39, 0.29) is 12.5 Å². The number of halogens is 1. The summed E-state index contributed by atoms with van der Waals surface area (Å²) in [6.07, 6.45) is 6.29. The maximum Gasteiger partial charge on any atom is 0.407 e. The minimum atomic E-state index is -0.582. The summed E-state index contributed by atoms with van der Waals surface area (Å²) in [5, 5.41) is 3.63. The second-order valence-electron chi connectivity index (χ2n) is 8.28. The number of carbonyl (C=O) groups is 2. The molecular formula is C23H28BrNO4S. The molecule has 1 aromatic heterocycles. The number of carbonyl (C=O) groups excluding carboxylic acids is 2. The van der Waals surface area contributed by atoms with Crippen LogP contribution in [0.5, 0.6) is 0 Å². The number of thiophene rings is 1. The highest BCUT2D eigenvalue weighted by molar-refractivity contribution is 9.10. The molecule has 1 aliphatic rings. The van der Waals surface area contributed by atoms with Crippen LogP contribution in [0.4, 0.5) is 4.79 Å². The van der Waals surface area contributed by atoms with Crippen LogP contribution in [0.15, 0.2) is 22.7 Å². The zero-order valence-electron chi connectivity index (χ0n) is 17.9. The van der Waals surface area contributed by atoms with Crippen molar-refractivity contribution in [1.29, 1.82) is 0 Å². The van der Waals surface area contributed by atoms with Crippen molar-refractivity contribution in [3.05, 3.63) is 38.7 Å². The largest absolute Gasteiger partial charge is 0.462 e. The average molecular weight is 494 g/mol. The molecule has 3 rings (SSSR count). The monoisotopic (exact) mass is 493 g/mol. The van der Waals surface area contributed by atoms with E-state index in [1.54, 1.807) is 6.92 Å². The average Bonchev–Trinajstić information content (AvgIpc) is 3.02. The van der Waals surface area contributed by atoms with Crippen LogP contribution in [0, 0.1) is 0 Å². The van der Waals surface area contributed by atoms with Gasteiger partial charge in [0, 0.05) is 19.4 Å². The predicted molar refractivity (Wildman–Crippen MR) is 125 cm³/mol. The van der Waals surface area contributed by atoms with Crippen LogP contribution in [0.2, 0.25) is 0 Å². The summed E-state index contributed by atoms with van der Waals surface area (Å²) in [6.45, 7) is 7.74. The van der Waals surface area contributed by atoms with Gasteiger partial charge in [0.05, 0.1) is 18.7 Å². The molecule has 162 valence electrons. The van der Waals surface area contributed by atoms with E-state index in [0.717, 1.165) is 37.8 Å². The van der Waals surface area contributed by atoms with E-state index in [4.69, 9.17) is 9.47 Å². The number of allylic oxidation sites excluding steroid dienone is 2. The molecule has 0 bridgehead atoms. The van der Waals surface area contributed by atoms with Gasteiger partial charge < -0.3 is 14.8 Å². The molecule has 0 atom stereocenters. The number of rotatable bonds is 5. The molecule has 0 spiro atoms. The normalized spacial score (nSPS) is 14.4. The molecule has 1 aliphatic carbocycles. The molecule has 0 saturated carbocycles. The molecule has 5 nitrogen and oxygen atoms in total. The molecule has 30 heavy (non-hydrogen) atoms. The van der Waals surface area contributed by atoms with Crippen molar-refractivity contribution in [2.75, 3.05) is 6.61 Å². The van der Waals surface area contributed by atoms with E-state index >= 15 is 0 Å². The molecule has 1 N–H and O–H groups in total. The highest BCUT2D eigenvalue weighted by atomic mass is 79.9. The molecule has 1 heterocycles. The van der Waals surface area contributed by atoms with Crippen molar-refractivity contribution in [2.24, 2.45) is 0 Å². The van der Waals surface area contributed by atoms with E-state index in [9.17, 15) is 9.59 Å². The summed E-state index contributed by atoms with van der Waals surface area (Å²) in [4.78, 5) is 25.7. The number of fused-ring (bicyclic) bond motifs is 1. The zero-order valence-corrected chi connectivity index (χ0v) is 20.3. The van der Waals surface area contributed by atoms with Crippen LogP contribution in [0.25, 0.3) is 15.7 Å². The van der Waals surface area contributed by atoms with Crippen molar-refractivity contribution < 1.29 is 19.1 Å². The first-order valence-corrected chi connectivity index (χ1v) is 11.9. The van der Waals surface area contributed by atoms with Crippen molar-refractivity contribution in [2.45, 2.75) is 65.5 Å². The predicted octanol–water partition coefficient (Wildman–Crippen LogP) is 6.82. The first-order valence-electron chi connectivity index (χ1n) is 10.3. The Balaban J connectivity index is 1.99. The van der Waals surface area contributed by atoms with Gasteiger partial charge in [0.15, 0.2) is 0 Å². The second kappa shape index (κ2) is 9.52. The lowest BCUT2D eigenvalue weighted by Gasteiger charge is -2.19. The van der Waals surface area contributed by atoms with Gasteiger partial charge in [-0.15, -0.1) is 11.3 Å². The molecule has 7 heteroatoms. The number of alkyl carbamates (subject to hydrolysis) is 1. The van der Waals surface area contributed by atoms with Crippen molar-refractivity contribution >= 4 is 55.0 Å². The number of nitrogens with one attached hydrogen (secondary N) is 1. The molecule has 0 unspecified atom stereocenters. The third-order valence-corrected chi connectivity index (χ3v) is 6.57. The van der Waals surface area contributed by atoms with E-state index in [2.05, 4.69) is 39.5 Å². The lowest BCUT2D eigenvalue weighted by Crippen LogP contribution is -2.32. The van der Waals surface area contributed by atoms with E-state index in [1.165, 1.54) is 29.8 Å². The Labute approximate surface area is 189 Å². The van der Waals surface area contributed by atoms with Gasteiger partial charge >= 0.3 is 12.1 Å². The third kappa shape index (κ3) is 5.43. The maximum absolute atomic E-state index is 12.8. The van der Waals surface area contributed by atoms with Crippen LogP contribution in [-0.2, 0) is 16.0 Å². The summed E-state index contributed by atoms with van der Waals surface area (Å²) < 4.78 is 12.7. The van der Waals surface area contributed by atoms with Gasteiger partial charge in [-0.25, -0.2) is 9.59 Å². The molecule has 0 saturated heterocycles. The number of hydrogen-bond donors (Lipinski definition) is 1. The summed E-state index contributed by atoms with van der Waals surface area (Å²) in [5.74, 6) is -0.365. The Kier molecular flexibility index (Phi) is 7.24. The third-order valence-electron chi connectivity index (χ3n) is 4.76. The lowest BCUT2D eigenvalue weighted by atomic mass is 9.92. The maximum atomic E-state index is 12.8. The summed E-state index contributed by atoms with van der Waals surface area (Å²) in [7, 11) is 0. The number of esters is 1. The zero-order chi connectivity index (χ0) is 21.9. The van der Waals surface area contributed by atoms with Crippen molar-refractivity contribution in [1.82, 2.24) is 5.32 Å². The molecule has 1 amide bonds. The minimum absolute atomic E-state index is 0.206. The number of ether oxygens (including phenoxy) is 2. The lowest BCUT2D eigenvalue weighted by molar-refractivity contribution is 0.0505. The van der Waals surface area contributed by atoms with Gasteiger partial charge in [0.1, 0.15) is 5.60 Å². The fourth-order valence-electron chi connectivity index (χ4n) is 3.52. The van der Waals surface area contributed by atoms with E-state index in [0.29, 0.717) is 12.2 Å². The van der Waals surface area contributed by atoms with Crippen LogP contribution in [-0.4, -0.2) is 24.3 Å². The van der Waals surface area contributed by atoms with Gasteiger partial charge in [0.25, 0.3) is 0 Å². The second-order valence-corrected chi connectivity index (χ2v) is 10.3. The van der Waals surface area contributed by atoms with Crippen LogP contribution in [0.1, 0.15) is 74.2 Å². The van der Waals surface area contributed by atoms with E-state index in [1.807, 2.05) is 20.8 Å². The van der Waals surface area contributed by atoms with Crippen LogP contribution < -0.4 is 5.32 Å². The fourth-order valence-corrected chi connectivity index (χ4v) is 5.42. The highest BCUT2D eigenvalue weighted by Gasteiger charge is 2.23. The van der Waals surface area contributed by atoms with Crippen molar-refractivity contribution in [3.63, 3.8) is 0 Å². The Bertz CT molecular complexity index is 987. The Morgan fingerprint density at radius 3 is 2.63 bits per heavy atom. The quantitative estimate of drug-likeness (QED) is 0.463. The van der Waals surface area contributed by atoms with Crippen molar-refractivity contribution in [3.8, 4) is 0 Å². The van der Waals surface area contributed by atoms with Crippen LogP contribution in [0.3, 0.4) is 0 Å². The van der Waals surface area contributed by atoms with Gasteiger partial charge in [-0.05, 0) is 76.6 Å². The van der Waals surface area contributed by atoms with Gasteiger partial charge in [0.2, 0.25) is 0 Å². The number of amides is 1.